The minimum absolute atomic E-state index is 0.00642. The van der Waals surface area contributed by atoms with Crippen molar-refractivity contribution < 1.29 is 14.3 Å². The second-order valence-corrected chi connectivity index (χ2v) is 7.79. The van der Waals surface area contributed by atoms with E-state index in [1.165, 1.54) is 19.3 Å². The number of hydrogen-bond acceptors (Lipinski definition) is 4. The molecular formula is C21H32N2O3. The number of nitrogens with two attached hydrogens (primary N) is 1. The van der Waals surface area contributed by atoms with Crippen LogP contribution in [-0.2, 0) is 4.79 Å². The van der Waals surface area contributed by atoms with E-state index in [4.69, 9.17) is 15.2 Å². The van der Waals surface area contributed by atoms with Crippen molar-refractivity contribution in [3.8, 4) is 11.5 Å². The highest BCUT2D eigenvalue weighted by Crippen LogP contribution is 2.42. The molecule has 1 aliphatic carbocycles. The Hall–Kier alpha value is -1.75. The zero-order valence-corrected chi connectivity index (χ0v) is 16.1. The van der Waals surface area contributed by atoms with Crippen LogP contribution in [0.5, 0.6) is 11.5 Å². The highest BCUT2D eigenvalue weighted by molar-refractivity contribution is 5.78. The van der Waals surface area contributed by atoms with E-state index in [1.807, 2.05) is 18.2 Å². The molecule has 1 saturated heterocycles. The van der Waals surface area contributed by atoms with E-state index in [0.717, 1.165) is 49.3 Å². The number of methoxy groups -OCH3 is 2. The third-order valence-corrected chi connectivity index (χ3v) is 6.25. The first-order valence-electron chi connectivity index (χ1n) is 9.84. The average Bonchev–Trinajstić information content (AvgIpc) is 3.18. The molecule has 1 heterocycles. The number of likely N-dealkylation sites (tertiary alicyclic amines) is 1. The predicted molar refractivity (Wildman–Crippen MR) is 102 cm³/mol. The van der Waals surface area contributed by atoms with Crippen LogP contribution in [0, 0.1) is 5.41 Å². The summed E-state index contributed by atoms with van der Waals surface area (Å²) in [5, 5.41) is 0. The van der Waals surface area contributed by atoms with Gasteiger partial charge in [-0.05, 0) is 49.8 Å². The summed E-state index contributed by atoms with van der Waals surface area (Å²) in [4.78, 5) is 15.2. The van der Waals surface area contributed by atoms with Gasteiger partial charge in [0.2, 0.25) is 5.91 Å². The van der Waals surface area contributed by atoms with Crippen LogP contribution in [0.3, 0.4) is 0 Å². The molecule has 5 nitrogen and oxygen atoms in total. The van der Waals surface area contributed by atoms with Gasteiger partial charge in [-0.2, -0.15) is 0 Å². The second-order valence-electron chi connectivity index (χ2n) is 7.79. The van der Waals surface area contributed by atoms with Gasteiger partial charge in [0, 0.05) is 24.6 Å². The van der Waals surface area contributed by atoms with Crippen LogP contribution in [0.1, 0.15) is 63.0 Å². The third kappa shape index (κ3) is 3.83. The summed E-state index contributed by atoms with van der Waals surface area (Å²) in [6, 6.07) is 5.97. The molecule has 1 aromatic rings. The summed E-state index contributed by atoms with van der Waals surface area (Å²) in [5.41, 5.74) is 7.18. The minimum atomic E-state index is 0.00642. The molecule has 2 N–H and O–H groups in total. The summed E-state index contributed by atoms with van der Waals surface area (Å²) >= 11 is 0. The van der Waals surface area contributed by atoms with E-state index in [-0.39, 0.29) is 17.4 Å². The van der Waals surface area contributed by atoms with Crippen molar-refractivity contribution in [2.45, 2.75) is 57.4 Å². The fraction of sp³-hybridized carbons (Fsp3) is 0.667. The molecule has 2 aliphatic rings. The molecule has 0 aromatic heterocycles. The van der Waals surface area contributed by atoms with E-state index in [9.17, 15) is 4.79 Å². The van der Waals surface area contributed by atoms with Crippen LogP contribution in [0.4, 0.5) is 0 Å². The monoisotopic (exact) mass is 360 g/mol. The maximum atomic E-state index is 13.2. The van der Waals surface area contributed by atoms with Gasteiger partial charge in [0.1, 0.15) is 11.5 Å². The van der Waals surface area contributed by atoms with Crippen LogP contribution in [0.15, 0.2) is 18.2 Å². The van der Waals surface area contributed by atoms with Crippen molar-refractivity contribution >= 4 is 5.91 Å². The van der Waals surface area contributed by atoms with Crippen molar-refractivity contribution in [2.24, 2.45) is 11.1 Å². The number of benzene rings is 1. The molecule has 1 amide bonds. The lowest BCUT2D eigenvalue weighted by molar-refractivity contribution is -0.135. The Morgan fingerprint density at radius 2 is 1.96 bits per heavy atom. The largest absolute Gasteiger partial charge is 0.497 e. The highest BCUT2D eigenvalue weighted by atomic mass is 16.5. The Morgan fingerprint density at radius 1 is 1.19 bits per heavy atom. The molecular weight excluding hydrogens is 328 g/mol. The van der Waals surface area contributed by atoms with E-state index in [0.29, 0.717) is 13.0 Å². The maximum absolute atomic E-state index is 13.2. The lowest BCUT2D eigenvalue weighted by atomic mass is 9.71. The third-order valence-electron chi connectivity index (χ3n) is 6.25. The second kappa shape index (κ2) is 8.30. The maximum Gasteiger partial charge on any atom is 0.223 e. The summed E-state index contributed by atoms with van der Waals surface area (Å²) in [6.07, 6.45) is 8.41. The number of rotatable bonds is 6. The van der Waals surface area contributed by atoms with Crippen molar-refractivity contribution in [1.29, 1.82) is 0 Å². The Morgan fingerprint density at radius 3 is 2.62 bits per heavy atom. The van der Waals surface area contributed by atoms with E-state index >= 15 is 0 Å². The first-order chi connectivity index (χ1) is 12.6. The molecule has 0 bridgehead atoms. The van der Waals surface area contributed by atoms with Crippen molar-refractivity contribution in [2.75, 3.05) is 27.3 Å². The summed E-state index contributed by atoms with van der Waals surface area (Å²) in [5.74, 6) is 1.81. The molecule has 144 valence electrons. The molecule has 0 radical (unpaired) electrons. The number of ether oxygens (including phenoxy) is 2. The zero-order valence-electron chi connectivity index (χ0n) is 16.1. The molecule has 1 aromatic carbocycles. The van der Waals surface area contributed by atoms with Gasteiger partial charge in [-0.1, -0.05) is 19.3 Å². The van der Waals surface area contributed by atoms with Gasteiger partial charge in [0.15, 0.2) is 0 Å². The molecule has 1 aliphatic heterocycles. The quantitative estimate of drug-likeness (QED) is 0.841. The molecule has 1 unspecified atom stereocenters. The van der Waals surface area contributed by atoms with E-state index < -0.39 is 0 Å². The summed E-state index contributed by atoms with van der Waals surface area (Å²) in [6.45, 7) is 1.43. The lowest BCUT2D eigenvalue weighted by Gasteiger charge is -2.38. The van der Waals surface area contributed by atoms with Gasteiger partial charge in [-0.3, -0.25) is 4.79 Å². The standard InChI is InChI=1S/C21H32N2O3/c1-25-16-8-9-17(19(13-16)26-2)18-7-6-12-23(18)20(24)14-21(15-22)10-4-3-5-11-21/h8-9,13,18H,3-7,10-12,14-15,22H2,1-2H3. The lowest BCUT2D eigenvalue weighted by Crippen LogP contribution is -2.40. The molecule has 5 heteroatoms. The molecule has 3 rings (SSSR count). The van der Waals surface area contributed by atoms with Crippen LogP contribution < -0.4 is 15.2 Å². The first-order valence-corrected chi connectivity index (χ1v) is 9.84. The Bertz CT molecular complexity index is 626. The van der Waals surface area contributed by atoms with E-state index in [1.54, 1.807) is 14.2 Å². The van der Waals surface area contributed by atoms with Crippen LogP contribution in [-0.4, -0.2) is 38.1 Å². The van der Waals surface area contributed by atoms with Gasteiger partial charge in [-0.15, -0.1) is 0 Å². The summed E-state index contributed by atoms with van der Waals surface area (Å²) in [7, 11) is 3.32. The number of carbonyl (C=O) groups is 1. The molecule has 0 spiro atoms. The normalized spacial score (nSPS) is 22.3. The Labute approximate surface area is 156 Å². The Kier molecular flexibility index (Phi) is 6.07. The molecule has 2 fully saturated rings. The number of carbonyl (C=O) groups excluding carboxylic acids is 1. The van der Waals surface area contributed by atoms with Gasteiger partial charge < -0.3 is 20.1 Å². The van der Waals surface area contributed by atoms with Crippen LogP contribution in [0.2, 0.25) is 0 Å². The van der Waals surface area contributed by atoms with Gasteiger partial charge in [0.25, 0.3) is 0 Å². The van der Waals surface area contributed by atoms with Crippen molar-refractivity contribution in [3.63, 3.8) is 0 Å². The predicted octanol–water partition coefficient (Wildman–Crippen LogP) is 3.67. The molecule has 1 saturated carbocycles. The highest BCUT2D eigenvalue weighted by Gasteiger charge is 2.38. The zero-order chi connectivity index (χ0) is 18.6. The smallest absolute Gasteiger partial charge is 0.223 e. The topological polar surface area (TPSA) is 64.8 Å². The van der Waals surface area contributed by atoms with E-state index in [2.05, 4.69) is 4.90 Å². The average molecular weight is 360 g/mol. The number of nitrogens with zero attached hydrogens (tertiary/aromatic N) is 1. The fourth-order valence-corrected chi connectivity index (χ4v) is 4.66. The van der Waals surface area contributed by atoms with Gasteiger partial charge in [0.05, 0.1) is 20.3 Å². The van der Waals surface area contributed by atoms with Gasteiger partial charge in [-0.25, -0.2) is 0 Å². The summed E-state index contributed by atoms with van der Waals surface area (Å²) < 4.78 is 10.9. The first kappa shape index (κ1) is 19.0. The van der Waals surface area contributed by atoms with Gasteiger partial charge >= 0.3 is 0 Å². The SMILES string of the molecule is COc1ccc(C2CCCN2C(=O)CC2(CN)CCCCC2)c(OC)c1. The van der Waals surface area contributed by atoms with Crippen molar-refractivity contribution in [1.82, 2.24) is 4.90 Å². The molecule has 26 heavy (non-hydrogen) atoms. The molecule has 1 atom stereocenters. The Balaban J connectivity index is 1.78. The number of amides is 1. The van der Waals surface area contributed by atoms with Crippen molar-refractivity contribution in [3.05, 3.63) is 23.8 Å². The fourth-order valence-electron chi connectivity index (χ4n) is 4.66. The number of hydrogen-bond donors (Lipinski definition) is 1. The minimum Gasteiger partial charge on any atom is -0.497 e. The van der Waals surface area contributed by atoms with Crippen LogP contribution >= 0.6 is 0 Å². The van der Waals surface area contributed by atoms with Crippen LogP contribution in [0.25, 0.3) is 0 Å².